The highest BCUT2D eigenvalue weighted by Gasteiger charge is 2.50. The van der Waals surface area contributed by atoms with Gasteiger partial charge in [0.05, 0.1) is 11.7 Å². The van der Waals surface area contributed by atoms with Gasteiger partial charge < -0.3 is 9.88 Å². The third kappa shape index (κ3) is 4.00. The van der Waals surface area contributed by atoms with Crippen molar-refractivity contribution < 1.29 is 8.78 Å². The van der Waals surface area contributed by atoms with E-state index in [9.17, 15) is 4.39 Å². The van der Waals surface area contributed by atoms with Crippen molar-refractivity contribution in [2.24, 2.45) is 0 Å². The molecule has 10 heteroatoms. The molecule has 6 heterocycles. The second kappa shape index (κ2) is 8.76. The summed E-state index contributed by atoms with van der Waals surface area (Å²) in [6.07, 6.45) is 9.63. The maximum atomic E-state index is 15.1. The molecule has 1 atom stereocenters. The van der Waals surface area contributed by atoms with Crippen molar-refractivity contribution in [2.75, 3.05) is 31.5 Å². The number of nitrogens with zero attached hydrogens (tertiary/aromatic N) is 7. The van der Waals surface area contributed by atoms with E-state index in [-0.39, 0.29) is 17.2 Å². The van der Waals surface area contributed by atoms with Gasteiger partial charge in [-0.15, -0.1) is 0 Å². The Morgan fingerprint density at radius 3 is 2.74 bits per heavy atom. The van der Waals surface area contributed by atoms with E-state index in [1.165, 1.54) is 25.5 Å². The average Bonchev–Trinajstić information content (AvgIpc) is 3.25. The number of halogens is 2. The van der Waals surface area contributed by atoms with Gasteiger partial charge in [0.25, 0.3) is 0 Å². The number of nitrogens with one attached hydrogen (secondary N) is 1. The summed E-state index contributed by atoms with van der Waals surface area (Å²) in [5.74, 6) is 0.635. The molecule has 4 aromatic rings. The Balaban J connectivity index is 1.02. The number of rotatable bonds is 5. The average molecular weight is 529 g/mol. The largest absolute Gasteiger partial charge is 0.322 e. The standard InChI is InChI=1S/C29H30F2N8/c30-21-12-19(13-23-27(21)35-25-5-6-29(7-8-29)39(23)25)26-22(31)15-33-28(36-26)34-24-4-3-18(14-32-24)16-37-10-11-38-9-1-2-20(38)17-37/h3-4,12-15,20H,1-2,5-11,16-17H2,(H,32,33,34,36)/t20-/m0/s1. The zero-order valence-corrected chi connectivity index (χ0v) is 21.7. The minimum absolute atomic E-state index is 0.0503. The number of fused-ring (bicyclic) bond motifs is 5. The summed E-state index contributed by atoms with van der Waals surface area (Å²) in [5, 5.41) is 3.08. The minimum Gasteiger partial charge on any atom is -0.322 e. The summed E-state index contributed by atoms with van der Waals surface area (Å²) in [7, 11) is 0. The fraction of sp³-hybridized carbons (Fsp3) is 0.448. The van der Waals surface area contributed by atoms with Gasteiger partial charge in [0.15, 0.2) is 11.6 Å². The van der Waals surface area contributed by atoms with Gasteiger partial charge in [-0.3, -0.25) is 9.80 Å². The predicted octanol–water partition coefficient (Wildman–Crippen LogP) is 4.63. The molecule has 0 unspecified atom stereocenters. The first-order chi connectivity index (χ1) is 19.0. The van der Waals surface area contributed by atoms with Crippen LogP contribution in [0.3, 0.4) is 0 Å². The summed E-state index contributed by atoms with van der Waals surface area (Å²) in [6.45, 7) is 5.45. The molecule has 200 valence electrons. The van der Waals surface area contributed by atoms with Gasteiger partial charge in [0.2, 0.25) is 5.95 Å². The molecule has 8 rings (SSSR count). The summed E-state index contributed by atoms with van der Waals surface area (Å²) in [5.41, 5.74) is 2.71. The van der Waals surface area contributed by atoms with Crippen molar-refractivity contribution in [3.05, 3.63) is 59.7 Å². The predicted molar refractivity (Wildman–Crippen MR) is 144 cm³/mol. The van der Waals surface area contributed by atoms with Gasteiger partial charge in [0.1, 0.15) is 22.9 Å². The Hall–Kier alpha value is -3.50. The number of imidazole rings is 1. The maximum Gasteiger partial charge on any atom is 0.229 e. The van der Waals surface area contributed by atoms with Gasteiger partial charge in [-0.05, 0) is 62.4 Å². The summed E-state index contributed by atoms with van der Waals surface area (Å²) in [6, 6.07) is 7.77. The van der Waals surface area contributed by atoms with Crippen LogP contribution < -0.4 is 5.32 Å². The molecule has 3 fully saturated rings. The number of hydrogen-bond donors (Lipinski definition) is 1. The first kappa shape index (κ1) is 23.4. The minimum atomic E-state index is -0.604. The Morgan fingerprint density at radius 1 is 0.974 bits per heavy atom. The molecule has 3 aliphatic heterocycles. The SMILES string of the molecule is Fc1cnc(Nc2ccc(CN3CCN4CCC[C@H]4C3)cn2)nc1-c1cc(F)c2nc3n(c2c1)C1(CC3)CC1. The van der Waals surface area contributed by atoms with E-state index in [1.807, 2.05) is 18.3 Å². The van der Waals surface area contributed by atoms with Crippen molar-refractivity contribution in [3.63, 3.8) is 0 Å². The lowest BCUT2D eigenvalue weighted by Crippen LogP contribution is -2.49. The van der Waals surface area contributed by atoms with Crippen LogP contribution in [-0.4, -0.2) is 66.5 Å². The fourth-order valence-corrected chi connectivity index (χ4v) is 6.89. The molecule has 1 N–H and O–H groups in total. The quantitative estimate of drug-likeness (QED) is 0.405. The maximum absolute atomic E-state index is 15.1. The number of aromatic nitrogens is 5. The lowest BCUT2D eigenvalue weighted by molar-refractivity contribution is 0.0993. The lowest BCUT2D eigenvalue weighted by Gasteiger charge is -2.37. The molecule has 1 saturated carbocycles. The topological polar surface area (TPSA) is 75.0 Å². The molecule has 2 saturated heterocycles. The molecule has 0 amide bonds. The molecule has 8 nitrogen and oxygen atoms in total. The molecule has 1 aliphatic carbocycles. The summed E-state index contributed by atoms with van der Waals surface area (Å²) < 4.78 is 32.2. The molecule has 1 aromatic carbocycles. The van der Waals surface area contributed by atoms with Crippen LogP contribution in [-0.2, 0) is 18.5 Å². The van der Waals surface area contributed by atoms with Gasteiger partial charge in [-0.1, -0.05) is 6.07 Å². The van der Waals surface area contributed by atoms with Crippen LogP contribution in [0.2, 0.25) is 0 Å². The molecule has 0 bridgehead atoms. The molecular formula is C29H30F2N8. The van der Waals surface area contributed by atoms with Crippen LogP contribution in [0.1, 0.15) is 43.5 Å². The summed E-state index contributed by atoms with van der Waals surface area (Å²) in [4.78, 5) is 22.7. The van der Waals surface area contributed by atoms with Crippen LogP contribution in [0, 0.1) is 11.6 Å². The van der Waals surface area contributed by atoms with Crippen LogP contribution in [0.5, 0.6) is 0 Å². The first-order valence-electron chi connectivity index (χ1n) is 14.0. The van der Waals surface area contributed by atoms with E-state index in [0.29, 0.717) is 28.5 Å². The lowest BCUT2D eigenvalue weighted by atomic mass is 10.1. The van der Waals surface area contributed by atoms with Crippen molar-refractivity contribution in [1.29, 1.82) is 0 Å². The molecule has 39 heavy (non-hydrogen) atoms. The normalized spacial score (nSPS) is 21.9. The number of benzene rings is 1. The van der Waals surface area contributed by atoms with E-state index in [1.54, 1.807) is 0 Å². The van der Waals surface area contributed by atoms with Gasteiger partial charge in [-0.2, -0.15) is 0 Å². The van der Waals surface area contributed by atoms with E-state index >= 15 is 4.39 Å². The van der Waals surface area contributed by atoms with Crippen LogP contribution in [0.25, 0.3) is 22.3 Å². The number of aryl methyl sites for hydroxylation is 1. The highest BCUT2D eigenvalue weighted by atomic mass is 19.1. The fourth-order valence-electron chi connectivity index (χ4n) is 6.89. The molecule has 1 spiro atoms. The molecule has 0 radical (unpaired) electrons. The Kier molecular flexibility index (Phi) is 5.25. The van der Waals surface area contributed by atoms with E-state index in [4.69, 9.17) is 0 Å². The van der Waals surface area contributed by atoms with Crippen LogP contribution >= 0.6 is 0 Å². The molecule has 3 aromatic heterocycles. The number of piperazine rings is 1. The molecule has 4 aliphatic rings. The third-order valence-electron chi connectivity index (χ3n) is 9.06. The third-order valence-corrected chi connectivity index (χ3v) is 9.06. The van der Waals surface area contributed by atoms with Crippen LogP contribution in [0.15, 0.2) is 36.7 Å². The Labute approximate surface area is 225 Å². The van der Waals surface area contributed by atoms with Gasteiger partial charge in [-0.25, -0.2) is 28.7 Å². The number of pyridine rings is 1. The van der Waals surface area contributed by atoms with Crippen molar-refractivity contribution in [2.45, 2.75) is 56.7 Å². The number of anilines is 2. The van der Waals surface area contributed by atoms with Crippen LogP contribution in [0.4, 0.5) is 20.5 Å². The Morgan fingerprint density at radius 2 is 1.90 bits per heavy atom. The first-order valence-corrected chi connectivity index (χ1v) is 14.0. The zero-order chi connectivity index (χ0) is 26.1. The molecular weight excluding hydrogens is 498 g/mol. The second-order valence-corrected chi connectivity index (χ2v) is 11.5. The van der Waals surface area contributed by atoms with Crippen molar-refractivity contribution in [3.8, 4) is 11.3 Å². The van der Waals surface area contributed by atoms with Gasteiger partial charge >= 0.3 is 0 Å². The Bertz CT molecular complexity index is 1580. The van der Waals surface area contributed by atoms with Crippen molar-refractivity contribution >= 4 is 22.8 Å². The van der Waals surface area contributed by atoms with E-state index in [2.05, 4.69) is 45.7 Å². The smallest absolute Gasteiger partial charge is 0.229 e. The van der Waals surface area contributed by atoms with Gasteiger partial charge in [0, 0.05) is 55.9 Å². The van der Waals surface area contributed by atoms with E-state index in [0.717, 1.165) is 69.4 Å². The summed E-state index contributed by atoms with van der Waals surface area (Å²) >= 11 is 0. The number of hydrogen-bond acceptors (Lipinski definition) is 7. The highest BCUT2D eigenvalue weighted by Crippen LogP contribution is 2.53. The zero-order valence-electron chi connectivity index (χ0n) is 21.7. The van der Waals surface area contributed by atoms with E-state index < -0.39 is 11.6 Å². The second-order valence-electron chi connectivity index (χ2n) is 11.5. The monoisotopic (exact) mass is 528 g/mol. The highest BCUT2D eigenvalue weighted by molar-refractivity contribution is 5.83. The van der Waals surface area contributed by atoms with Crippen molar-refractivity contribution in [1.82, 2.24) is 34.3 Å².